The summed E-state index contributed by atoms with van der Waals surface area (Å²) in [6, 6.07) is 51.3. The van der Waals surface area contributed by atoms with E-state index in [4.69, 9.17) is 0 Å². The molecule has 0 spiro atoms. The summed E-state index contributed by atoms with van der Waals surface area (Å²) in [6.07, 6.45) is 0. The summed E-state index contributed by atoms with van der Waals surface area (Å²) in [6.45, 7) is 0. The molecule has 186 valence electrons. The van der Waals surface area contributed by atoms with Crippen molar-refractivity contribution in [3.8, 4) is 28.6 Å². The largest absolute Gasteiger partial charge is 0.309 e. The van der Waals surface area contributed by atoms with Gasteiger partial charge in [-0.15, -0.1) is 0 Å². The molecule has 0 fully saturated rings. The minimum Gasteiger partial charge on any atom is -0.309 e. The van der Waals surface area contributed by atoms with Gasteiger partial charge in [-0.05, 0) is 54.1 Å². The van der Waals surface area contributed by atoms with Gasteiger partial charge in [0, 0.05) is 27.1 Å². The summed E-state index contributed by atoms with van der Waals surface area (Å²) >= 11 is 0. The average Bonchev–Trinajstić information content (AvgIpc) is 3.54. The first-order chi connectivity index (χ1) is 19.8. The van der Waals surface area contributed by atoms with Gasteiger partial charge in [0.25, 0.3) is 0 Å². The second-order valence-corrected chi connectivity index (χ2v) is 10.1. The van der Waals surface area contributed by atoms with Crippen LogP contribution in [-0.2, 0) is 0 Å². The average molecular weight is 510 g/mol. The molecule has 0 aliphatic heterocycles. The van der Waals surface area contributed by atoms with Crippen LogP contribution in [0.25, 0.3) is 66.1 Å². The minimum absolute atomic E-state index is 0.650. The zero-order valence-electron chi connectivity index (χ0n) is 21.6. The van der Waals surface area contributed by atoms with Gasteiger partial charge in [-0.3, -0.25) is 0 Å². The highest BCUT2D eigenvalue weighted by atomic mass is 15.0. The van der Waals surface area contributed by atoms with E-state index in [1.165, 1.54) is 21.5 Å². The van der Waals surface area contributed by atoms with Crippen LogP contribution in [0.2, 0.25) is 0 Å². The predicted molar refractivity (Wildman–Crippen MR) is 165 cm³/mol. The highest BCUT2D eigenvalue weighted by Crippen LogP contribution is 2.41. The second-order valence-electron chi connectivity index (χ2n) is 10.1. The lowest BCUT2D eigenvalue weighted by Gasteiger charge is -2.20. The standard InChI is InChI=1S/C37H23N3/c38-24-25-20-22-26(23-21-25)37-35(39-31-14-5-1-10-27(31)28-11-2-6-15-32(28)39)18-9-19-36(37)40-33-16-7-3-12-29(33)30-13-4-8-17-34(30)40/h1-23H. The third kappa shape index (κ3) is 3.17. The van der Waals surface area contributed by atoms with Crippen molar-refractivity contribution >= 4 is 43.6 Å². The van der Waals surface area contributed by atoms with Crippen molar-refractivity contribution in [3.63, 3.8) is 0 Å². The molecular formula is C37H23N3. The van der Waals surface area contributed by atoms with E-state index in [0.717, 1.165) is 44.6 Å². The molecule has 0 saturated carbocycles. The first-order valence-corrected chi connectivity index (χ1v) is 13.4. The lowest BCUT2D eigenvalue weighted by molar-refractivity contribution is 1.14. The van der Waals surface area contributed by atoms with Crippen LogP contribution in [0.5, 0.6) is 0 Å². The van der Waals surface area contributed by atoms with Crippen molar-refractivity contribution in [1.82, 2.24) is 9.13 Å². The summed E-state index contributed by atoms with van der Waals surface area (Å²) in [5.41, 5.74) is 9.68. The Balaban J connectivity index is 1.55. The maximum absolute atomic E-state index is 9.52. The molecule has 2 aromatic heterocycles. The van der Waals surface area contributed by atoms with Crippen LogP contribution in [0.3, 0.4) is 0 Å². The fourth-order valence-corrected chi connectivity index (χ4v) is 6.27. The lowest BCUT2D eigenvalue weighted by Crippen LogP contribution is -2.03. The van der Waals surface area contributed by atoms with E-state index in [2.05, 4.69) is 143 Å². The molecule has 8 aromatic rings. The van der Waals surface area contributed by atoms with E-state index in [0.29, 0.717) is 5.56 Å². The molecule has 8 rings (SSSR count). The molecule has 2 heterocycles. The molecule has 0 bridgehead atoms. The second kappa shape index (κ2) is 8.73. The number of rotatable bonds is 3. The predicted octanol–water partition coefficient (Wildman–Crippen LogP) is 9.42. The Labute approximate surface area is 231 Å². The Morgan fingerprint density at radius 2 is 0.775 bits per heavy atom. The minimum atomic E-state index is 0.650. The topological polar surface area (TPSA) is 33.6 Å². The van der Waals surface area contributed by atoms with Gasteiger partial charge in [-0.2, -0.15) is 5.26 Å². The zero-order chi connectivity index (χ0) is 26.6. The van der Waals surface area contributed by atoms with Gasteiger partial charge < -0.3 is 9.13 Å². The maximum atomic E-state index is 9.52. The van der Waals surface area contributed by atoms with Crippen LogP contribution in [0.4, 0.5) is 0 Å². The molecule has 0 radical (unpaired) electrons. The van der Waals surface area contributed by atoms with E-state index < -0.39 is 0 Å². The monoisotopic (exact) mass is 509 g/mol. The van der Waals surface area contributed by atoms with Gasteiger partial charge in [-0.25, -0.2) is 0 Å². The summed E-state index contributed by atoms with van der Waals surface area (Å²) < 4.78 is 4.77. The van der Waals surface area contributed by atoms with E-state index in [9.17, 15) is 5.26 Å². The van der Waals surface area contributed by atoms with Crippen LogP contribution in [0.1, 0.15) is 5.56 Å². The summed E-state index contributed by atoms with van der Waals surface area (Å²) in [4.78, 5) is 0. The van der Waals surface area contributed by atoms with Crippen molar-refractivity contribution in [2.75, 3.05) is 0 Å². The van der Waals surface area contributed by atoms with Gasteiger partial charge in [-0.1, -0.05) is 91.0 Å². The van der Waals surface area contributed by atoms with Crippen molar-refractivity contribution in [2.45, 2.75) is 0 Å². The van der Waals surface area contributed by atoms with Gasteiger partial charge in [0.2, 0.25) is 0 Å². The molecule has 0 saturated heterocycles. The number of hydrogen-bond donors (Lipinski definition) is 0. The van der Waals surface area contributed by atoms with E-state index in [1.807, 2.05) is 12.1 Å². The van der Waals surface area contributed by atoms with E-state index in [-0.39, 0.29) is 0 Å². The highest BCUT2D eigenvalue weighted by Gasteiger charge is 2.21. The SMILES string of the molecule is N#Cc1ccc(-c2c(-n3c4ccccc4c4ccccc43)cccc2-n2c3ccccc3c3ccccc32)cc1. The number of aromatic nitrogens is 2. The van der Waals surface area contributed by atoms with Crippen LogP contribution < -0.4 is 0 Å². The smallest absolute Gasteiger partial charge is 0.0991 e. The molecule has 40 heavy (non-hydrogen) atoms. The van der Waals surface area contributed by atoms with E-state index in [1.54, 1.807) is 0 Å². The molecule has 0 atom stereocenters. The normalized spacial score (nSPS) is 11.5. The highest BCUT2D eigenvalue weighted by molar-refractivity contribution is 6.11. The zero-order valence-corrected chi connectivity index (χ0v) is 21.6. The quantitative estimate of drug-likeness (QED) is 0.233. The molecule has 0 amide bonds. The van der Waals surface area contributed by atoms with Crippen molar-refractivity contribution < 1.29 is 0 Å². The van der Waals surface area contributed by atoms with Gasteiger partial charge in [0.05, 0.1) is 45.1 Å². The van der Waals surface area contributed by atoms with Crippen LogP contribution >= 0.6 is 0 Å². The number of benzene rings is 6. The molecule has 0 aliphatic rings. The van der Waals surface area contributed by atoms with Crippen LogP contribution in [-0.4, -0.2) is 9.13 Å². The number of nitriles is 1. The fourth-order valence-electron chi connectivity index (χ4n) is 6.27. The number of para-hydroxylation sites is 4. The van der Waals surface area contributed by atoms with Crippen LogP contribution in [0, 0.1) is 11.3 Å². The van der Waals surface area contributed by atoms with Crippen molar-refractivity contribution in [2.24, 2.45) is 0 Å². The van der Waals surface area contributed by atoms with Gasteiger partial charge in [0.15, 0.2) is 0 Å². The maximum Gasteiger partial charge on any atom is 0.0991 e. The molecule has 0 unspecified atom stereocenters. The lowest BCUT2D eigenvalue weighted by atomic mass is 9.99. The summed E-state index contributed by atoms with van der Waals surface area (Å²) in [5, 5.41) is 14.4. The van der Waals surface area contributed by atoms with Crippen LogP contribution in [0.15, 0.2) is 140 Å². The molecule has 0 aliphatic carbocycles. The molecule has 0 N–H and O–H groups in total. The third-order valence-electron chi connectivity index (χ3n) is 7.97. The Kier molecular flexibility index (Phi) is 4.89. The number of hydrogen-bond acceptors (Lipinski definition) is 1. The molecule has 3 heteroatoms. The Hall–Kier alpha value is -5.59. The van der Waals surface area contributed by atoms with E-state index >= 15 is 0 Å². The Bertz CT molecular complexity index is 2040. The van der Waals surface area contributed by atoms with Crippen molar-refractivity contribution in [1.29, 1.82) is 5.26 Å². The Morgan fingerprint density at radius 1 is 0.400 bits per heavy atom. The summed E-state index contributed by atoms with van der Waals surface area (Å²) in [5.74, 6) is 0. The fraction of sp³-hybridized carbons (Fsp3) is 0. The van der Waals surface area contributed by atoms with Gasteiger partial charge >= 0.3 is 0 Å². The molecule has 3 nitrogen and oxygen atoms in total. The number of fused-ring (bicyclic) bond motifs is 6. The first-order valence-electron chi connectivity index (χ1n) is 13.4. The van der Waals surface area contributed by atoms with Gasteiger partial charge in [0.1, 0.15) is 0 Å². The van der Waals surface area contributed by atoms with Crippen molar-refractivity contribution in [3.05, 3.63) is 145 Å². The Morgan fingerprint density at radius 3 is 1.15 bits per heavy atom. The molecular weight excluding hydrogens is 486 g/mol. The molecule has 6 aromatic carbocycles. The first kappa shape index (κ1) is 22.4. The third-order valence-corrected chi connectivity index (χ3v) is 7.97. The summed E-state index contributed by atoms with van der Waals surface area (Å²) in [7, 11) is 0. The number of nitrogens with zero attached hydrogens (tertiary/aromatic N) is 3.